The molecule has 3 fully saturated rings. The van der Waals surface area contributed by atoms with Gasteiger partial charge in [0.1, 0.15) is 11.4 Å². The fourth-order valence-electron chi connectivity index (χ4n) is 3.75. The number of amides is 2. The third-order valence-corrected chi connectivity index (χ3v) is 4.70. The van der Waals surface area contributed by atoms with E-state index >= 15 is 0 Å². The molecule has 8 nitrogen and oxygen atoms in total. The number of phenols is 1. The molecular formula is C14H12N2O6. The molecule has 0 saturated carbocycles. The number of carbonyl (C=O) groups is 2. The summed E-state index contributed by atoms with van der Waals surface area (Å²) in [5, 5.41) is 20.8. The predicted octanol–water partition coefficient (Wildman–Crippen LogP) is 0.967. The molecule has 0 spiro atoms. The van der Waals surface area contributed by atoms with Gasteiger partial charge in [-0.1, -0.05) is 0 Å². The molecule has 3 aliphatic heterocycles. The van der Waals surface area contributed by atoms with Gasteiger partial charge in [0.15, 0.2) is 0 Å². The van der Waals surface area contributed by atoms with Crippen LogP contribution in [0, 0.1) is 22.0 Å². The lowest BCUT2D eigenvalue weighted by atomic mass is 9.81. The van der Waals surface area contributed by atoms with Crippen LogP contribution in [-0.4, -0.2) is 34.1 Å². The van der Waals surface area contributed by atoms with Gasteiger partial charge in [0.25, 0.3) is 5.69 Å². The Labute approximate surface area is 124 Å². The number of fused-ring (bicyclic) bond motifs is 5. The highest BCUT2D eigenvalue weighted by Gasteiger charge is 2.62. The summed E-state index contributed by atoms with van der Waals surface area (Å²) >= 11 is 0. The molecule has 22 heavy (non-hydrogen) atoms. The lowest BCUT2D eigenvalue weighted by molar-refractivity contribution is -0.384. The quantitative estimate of drug-likeness (QED) is 0.495. The number of aromatic hydroxyl groups is 1. The maximum absolute atomic E-state index is 12.6. The largest absolute Gasteiger partial charge is 0.506 e. The molecule has 0 unspecified atom stereocenters. The number of non-ortho nitro benzene ring substituents is 1. The minimum absolute atomic E-state index is 0.127. The minimum Gasteiger partial charge on any atom is -0.506 e. The molecule has 0 aromatic heterocycles. The van der Waals surface area contributed by atoms with Crippen LogP contribution in [-0.2, 0) is 14.3 Å². The van der Waals surface area contributed by atoms with Crippen LogP contribution in [0.3, 0.4) is 0 Å². The maximum Gasteiger partial charge on any atom is 0.271 e. The molecule has 3 saturated heterocycles. The zero-order valence-electron chi connectivity index (χ0n) is 11.3. The molecule has 0 aliphatic carbocycles. The van der Waals surface area contributed by atoms with Gasteiger partial charge in [0.2, 0.25) is 11.8 Å². The molecule has 0 radical (unpaired) electrons. The van der Waals surface area contributed by atoms with Gasteiger partial charge >= 0.3 is 0 Å². The Morgan fingerprint density at radius 3 is 2.32 bits per heavy atom. The van der Waals surface area contributed by atoms with Crippen molar-refractivity contribution < 1.29 is 24.4 Å². The van der Waals surface area contributed by atoms with Crippen molar-refractivity contribution in [3.8, 4) is 5.75 Å². The van der Waals surface area contributed by atoms with Crippen LogP contribution in [0.4, 0.5) is 11.4 Å². The number of phenolic OH excluding ortho intramolecular Hbond substituents is 1. The van der Waals surface area contributed by atoms with Crippen molar-refractivity contribution in [2.75, 3.05) is 4.90 Å². The average molecular weight is 304 g/mol. The van der Waals surface area contributed by atoms with Gasteiger partial charge < -0.3 is 9.84 Å². The Morgan fingerprint density at radius 2 is 1.77 bits per heavy atom. The molecule has 4 rings (SSSR count). The summed E-state index contributed by atoms with van der Waals surface area (Å²) in [6.07, 6.45) is 0.939. The van der Waals surface area contributed by atoms with Gasteiger partial charge in [0.05, 0.1) is 29.0 Å². The van der Waals surface area contributed by atoms with Crippen LogP contribution in [0.15, 0.2) is 18.2 Å². The van der Waals surface area contributed by atoms with Crippen LogP contribution in [0.2, 0.25) is 0 Å². The van der Waals surface area contributed by atoms with Crippen molar-refractivity contribution >= 4 is 23.2 Å². The van der Waals surface area contributed by atoms with Gasteiger partial charge in [-0.05, 0) is 18.9 Å². The number of rotatable bonds is 2. The van der Waals surface area contributed by atoms with E-state index in [9.17, 15) is 24.8 Å². The Bertz CT molecular complexity index is 689. The second-order valence-corrected chi connectivity index (χ2v) is 5.78. The number of nitro benzene ring substituents is 1. The van der Waals surface area contributed by atoms with Gasteiger partial charge in [0, 0.05) is 12.1 Å². The molecule has 1 aromatic rings. The fourth-order valence-corrected chi connectivity index (χ4v) is 3.75. The summed E-state index contributed by atoms with van der Waals surface area (Å²) in [7, 11) is 0. The summed E-state index contributed by atoms with van der Waals surface area (Å²) in [5.74, 6) is -2.30. The van der Waals surface area contributed by atoms with Crippen LogP contribution >= 0.6 is 0 Å². The number of benzene rings is 1. The van der Waals surface area contributed by atoms with E-state index < -0.39 is 28.6 Å². The van der Waals surface area contributed by atoms with Crippen LogP contribution in [0.25, 0.3) is 0 Å². The third-order valence-electron chi connectivity index (χ3n) is 4.70. The smallest absolute Gasteiger partial charge is 0.271 e. The Balaban J connectivity index is 1.78. The van der Waals surface area contributed by atoms with Crippen LogP contribution in [0.5, 0.6) is 5.75 Å². The molecular weight excluding hydrogens is 292 g/mol. The first kappa shape index (κ1) is 13.2. The molecule has 2 amide bonds. The first-order chi connectivity index (χ1) is 10.5. The number of carbonyl (C=O) groups excluding carboxylic acids is 2. The summed E-state index contributed by atoms with van der Waals surface area (Å²) in [4.78, 5) is 36.2. The van der Waals surface area contributed by atoms with E-state index in [4.69, 9.17) is 4.74 Å². The highest BCUT2D eigenvalue weighted by atomic mass is 16.6. The number of ether oxygens (including phenoxy) is 1. The summed E-state index contributed by atoms with van der Waals surface area (Å²) in [6.45, 7) is 0. The summed E-state index contributed by atoms with van der Waals surface area (Å²) < 4.78 is 5.62. The van der Waals surface area contributed by atoms with E-state index in [1.165, 1.54) is 0 Å². The van der Waals surface area contributed by atoms with E-state index in [0.29, 0.717) is 0 Å². The average Bonchev–Trinajstić information content (AvgIpc) is 3.14. The number of hydrogen-bond donors (Lipinski definition) is 1. The minimum atomic E-state index is -0.637. The van der Waals surface area contributed by atoms with Crippen molar-refractivity contribution in [2.45, 2.75) is 25.0 Å². The number of nitro groups is 1. The lowest BCUT2D eigenvalue weighted by Gasteiger charge is -2.18. The highest BCUT2D eigenvalue weighted by Crippen LogP contribution is 2.50. The molecule has 2 bridgehead atoms. The lowest BCUT2D eigenvalue weighted by Crippen LogP contribution is -2.34. The van der Waals surface area contributed by atoms with Gasteiger partial charge in [-0.15, -0.1) is 0 Å². The number of hydrogen-bond acceptors (Lipinski definition) is 6. The second kappa shape index (κ2) is 4.26. The standard InChI is InChI=1S/C14H12N2O6/c17-8-2-1-6(16(20)21)5-7(8)15-13(18)11-9-3-4-10(22-9)12(11)14(15)19/h1-2,5,9-12,17H,3-4H2/t9-,10+,11-,12-/m0/s1. The molecule has 4 atom stereocenters. The Hall–Kier alpha value is -2.48. The summed E-state index contributed by atoms with van der Waals surface area (Å²) in [6, 6.07) is 3.29. The summed E-state index contributed by atoms with van der Waals surface area (Å²) in [5.41, 5.74) is -0.414. The Kier molecular flexibility index (Phi) is 2.56. The number of anilines is 1. The normalized spacial score (nSPS) is 32.6. The van der Waals surface area contributed by atoms with Gasteiger partial charge in [-0.25, -0.2) is 4.90 Å². The SMILES string of the molecule is O=C1[C@@H]2[C@@H](C(=O)N1c1cc([N+](=O)[O-])ccc1O)[C@H]1CC[C@@H]2O1. The maximum atomic E-state index is 12.6. The van der Waals surface area contributed by atoms with Crippen molar-refractivity contribution in [3.05, 3.63) is 28.3 Å². The van der Waals surface area contributed by atoms with E-state index in [1.54, 1.807) is 0 Å². The van der Waals surface area contributed by atoms with Gasteiger partial charge in [-0.3, -0.25) is 19.7 Å². The van der Waals surface area contributed by atoms with Gasteiger partial charge in [-0.2, -0.15) is 0 Å². The molecule has 114 valence electrons. The molecule has 1 N–H and O–H groups in total. The molecule has 3 aliphatic rings. The van der Waals surface area contributed by atoms with Crippen LogP contribution < -0.4 is 4.90 Å². The predicted molar refractivity (Wildman–Crippen MR) is 72.1 cm³/mol. The second-order valence-electron chi connectivity index (χ2n) is 5.78. The zero-order valence-corrected chi connectivity index (χ0v) is 11.3. The fraction of sp³-hybridized carbons (Fsp3) is 0.429. The van der Waals surface area contributed by atoms with E-state index in [2.05, 4.69) is 0 Å². The van der Waals surface area contributed by atoms with Crippen molar-refractivity contribution in [1.82, 2.24) is 0 Å². The topological polar surface area (TPSA) is 110 Å². The van der Waals surface area contributed by atoms with E-state index in [-0.39, 0.29) is 29.3 Å². The van der Waals surface area contributed by atoms with E-state index in [0.717, 1.165) is 35.9 Å². The van der Waals surface area contributed by atoms with Crippen molar-refractivity contribution in [3.63, 3.8) is 0 Å². The highest BCUT2D eigenvalue weighted by molar-refractivity contribution is 6.23. The molecule has 8 heteroatoms. The molecule has 1 aromatic carbocycles. The van der Waals surface area contributed by atoms with E-state index in [1.807, 2.05) is 0 Å². The first-order valence-electron chi connectivity index (χ1n) is 6.99. The number of nitrogens with zero attached hydrogens (tertiary/aromatic N) is 2. The third kappa shape index (κ3) is 1.55. The Morgan fingerprint density at radius 1 is 1.18 bits per heavy atom. The van der Waals surface area contributed by atoms with Crippen molar-refractivity contribution in [1.29, 1.82) is 0 Å². The first-order valence-corrected chi connectivity index (χ1v) is 6.99. The number of imide groups is 1. The van der Waals surface area contributed by atoms with Crippen molar-refractivity contribution in [2.24, 2.45) is 11.8 Å². The monoisotopic (exact) mass is 304 g/mol. The van der Waals surface area contributed by atoms with Crippen LogP contribution in [0.1, 0.15) is 12.8 Å². The molecule has 3 heterocycles. The zero-order chi connectivity index (χ0) is 15.6.